The molecule has 1 amide bonds. The minimum absolute atomic E-state index is 0.00447. The third kappa shape index (κ3) is 3.81. The Kier molecular flexibility index (Phi) is 4.92. The Hall–Kier alpha value is -2.65. The van der Waals surface area contributed by atoms with Gasteiger partial charge in [0.25, 0.3) is 5.91 Å². The van der Waals surface area contributed by atoms with Crippen molar-refractivity contribution in [3.63, 3.8) is 0 Å². The fourth-order valence-electron chi connectivity index (χ4n) is 2.92. The highest BCUT2D eigenvalue weighted by Crippen LogP contribution is 2.17. The van der Waals surface area contributed by atoms with Gasteiger partial charge in [0.15, 0.2) is 0 Å². The number of benzene rings is 3. The van der Waals surface area contributed by atoms with Crippen LogP contribution in [0.3, 0.4) is 0 Å². The maximum Gasteiger partial charge on any atom is 0.251 e. The number of rotatable bonds is 5. The van der Waals surface area contributed by atoms with Crippen LogP contribution >= 0.6 is 0 Å². The molecule has 3 aromatic carbocycles. The van der Waals surface area contributed by atoms with Crippen LogP contribution in [-0.4, -0.2) is 26.5 Å². The van der Waals surface area contributed by atoms with Crippen molar-refractivity contribution >= 4 is 16.7 Å². The van der Waals surface area contributed by atoms with Crippen LogP contribution < -0.4 is 10.2 Å². The summed E-state index contributed by atoms with van der Waals surface area (Å²) in [7, 11) is 4.19. The number of nitrogens with one attached hydrogen (secondary N) is 2. The molecule has 3 aromatic rings. The SMILES string of the molecule is C[NH+](C)C[C@@H](NC(=O)c1ccc2ccccc2c1)c1ccccc1. The molecule has 0 saturated carbocycles. The van der Waals surface area contributed by atoms with Crippen LogP contribution in [0.4, 0.5) is 0 Å². The average Bonchev–Trinajstić information content (AvgIpc) is 2.61. The number of quaternary nitrogens is 1. The van der Waals surface area contributed by atoms with Gasteiger partial charge in [0.2, 0.25) is 0 Å². The van der Waals surface area contributed by atoms with E-state index in [1.165, 1.54) is 4.90 Å². The predicted molar refractivity (Wildman–Crippen MR) is 98.3 cm³/mol. The van der Waals surface area contributed by atoms with Crippen LogP contribution in [0.25, 0.3) is 10.8 Å². The van der Waals surface area contributed by atoms with E-state index in [1.807, 2.05) is 54.6 Å². The third-order valence-electron chi connectivity index (χ3n) is 4.13. The first-order chi connectivity index (χ1) is 11.6. The number of hydrogen-bond donors (Lipinski definition) is 2. The lowest BCUT2D eigenvalue weighted by molar-refractivity contribution is -0.860. The molecule has 0 bridgehead atoms. The van der Waals surface area contributed by atoms with Crippen LogP contribution in [0.1, 0.15) is 22.0 Å². The standard InChI is InChI=1S/C21H22N2O/c1-23(2)15-20(17-9-4-3-5-10-17)22-21(24)19-13-12-16-8-6-7-11-18(16)14-19/h3-14,20H,15H2,1-2H3,(H,22,24)/p+1/t20-/m1/s1. The summed E-state index contributed by atoms with van der Waals surface area (Å²) < 4.78 is 0. The monoisotopic (exact) mass is 319 g/mol. The molecule has 0 aliphatic rings. The first-order valence-corrected chi connectivity index (χ1v) is 8.27. The minimum atomic E-state index is -0.0316. The van der Waals surface area contributed by atoms with E-state index in [0.717, 1.165) is 22.9 Å². The number of fused-ring (bicyclic) bond motifs is 1. The summed E-state index contributed by atoms with van der Waals surface area (Å²) in [4.78, 5) is 14.0. The molecule has 0 aliphatic carbocycles. The van der Waals surface area contributed by atoms with Gasteiger partial charge < -0.3 is 10.2 Å². The molecule has 3 nitrogen and oxygen atoms in total. The summed E-state index contributed by atoms with van der Waals surface area (Å²) in [5.74, 6) is -0.0316. The van der Waals surface area contributed by atoms with E-state index >= 15 is 0 Å². The molecule has 0 aromatic heterocycles. The fraction of sp³-hybridized carbons (Fsp3) is 0.190. The quantitative estimate of drug-likeness (QED) is 0.744. The van der Waals surface area contributed by atoms with Gasteiger partial charge in [-0.3, -0.25) is 4.79 Å². The molecule has 0 unspecified atom stereocenters. The summed E-state index contributed by atoms with van der Waals surface area (Å²) in [6.45, 7) is 0.837. The molecule has 3 rings (SSSR count). The van der Waals surface area contributed by atoms with Crippen molar-refractivity contribution in [2.24, 2.45) is 0 Å². The van der Waals surface area contributed by atoms with E-state index in [-0.39, 0.29) is 11.9 Å². The average molecular weight is 319 g/mol. The summed E-state index contributed by atoms with van der Waals surface area (Å²) in [5.41, 5.74) is 1.83. The van der Waals surface area contributed by atoms with Gasteiger partial charge in [-0.15, -0.1) is 0 Å². The van der Waals surface area contributed by atoms with Gasteiger partial charge in [0.05, 0.1) is 14.1 Å². The highest BCUT2D eigenvalue weighted by Gasteiger charge is 2.18. The third-order valence-corrected chi connectivity index (χ3v) is 4.13. The lowest BCUT2D eigenvalue weighted by Crippen LogP contribution is -3.06. The van der Waals surface area contributed by atoms with E-state index in [0.29, 0.717) is 5.56 Å². The molecule has 24 heavy (non-hydrogen) atoms. The van der Waals surface area contributed by atoms with Gasteiger partial charge in [-0.2, -0.15) is 0 Å². The molecular weight excluding hydrogens is 296 g/mol. The Bertz CT molecular complexity index is 827. The molecule has 0 fully saturated rings. The summed E-state index contributed by atoms with van der Waals surface area (Å²) in [6.07, 6.45) is 0. The van der Waals surface area contributed by atoms with Crippen molar-refractivity contribution in [1.82, 2.24) is 5.32 Å². The smallest absolute Gasteiger partial charge is 0.251 e. The molecule has 0 spiro atoms. The molecule has 122 valence electrons. The van der Waals surface area contributed by atoms with E-state index < -0.39 is 0 Å². The van der Waals surface area contributed by atoms with Crippen molar-refractivity contribution in [3.8, 4) is 0 Å². The zero-order valence-corrected chi connectivity index (χ0v) is 14.1. The van der Waals surface area contributed by atoms with Gasteiger partial charge in [-0.05, 0) is 28.5 Å². The highest BCUT2D eigenvalue weighted by molar-refractivity contribution is 5.98. The topological polar surface area (TPSA) is 33.5 Å². The van der Waals surface area contributed by atoms with Crippen LogP contribution in [-0.2, 0) is 0 Å². The van der Waals surface area contributed by atoms with Crippen LogP contribution in [0.5, 0.6) is 0 Å². The lowest BCUT2D eigenvalue weighted by atomic mass is 10.0. The highest BCUT2D eigenvalue weighted by atomic mass is 16.1. The van der Waals surface area contributed by atoms with Gasteiger partial charge in [-0.1, -0.05) is 60.7 Å². The molecule has 0 radical (unpaired) electrons. The maximum atomic E-state index is 12.7. The summed E-state index contributed by atoms with van der Waals surface area (Å²) in [5, 5.41) is 5.41. The zero-order valence-electron chi connectivity index (χ0n) is 14.1. The summed E-state index contributed by atoms with van der Waals surface area (Å²) in [6, 6.07) is 24.1. The molecular formula is C21H23N2O+. The number of hydrogen-bond acceptors (Lipinski definition) is 1. The van der Waals surface area contributed by atoms with E-state index in [4.69, 9.17) is 0 Å². The van der Waals surface area contributed by atoms with E-state index in [2.05, 4.69) is 37.6 Å². The Morgan fingerprint density at radius 2 is 1.58 bits per heavy atom. The Labute approximate surface area is 142 Å². The van der Waals surface area contributed by atoms with Crippen molar-refractivity contribution in [2.45, 2.75) is 6.04 Å². The minimum Gasteiger partial charge on any atom is -0.340 e. The van der Waals surface area contributed by atoms with E-state index in [9.17, 15) is 4.79 Å². The maximum absolute atomic E-state index is 12.7. The Balaban J connectivity index is 1.84. The van der Waals surface area contributed by atoms with Crippen LogP contribution in [0.2, 0.25) is 0 Å². The van der Waals surface area contributed by atoms with Gasteiger partial charge in [0.1, 0.15) is 12.6 Å². The normalized spacial score (nSPS) is 12.3. The van der Waals surface area contributed by atoms with Crippen molar-refractivity contribution in [1.29, 1.82) is 0 Å². The zero-order chi connectivity index (χ0) is 16.9. The second kappa shape index (κ2) is 7.28. The fourth-order valence-corrected chi connectivity index (χ4v) is 2.92. The number of carbonyl (C=O) groups excluding carboxylic acids is 1. The van der Waals surface area contributed by atoms with Gasteiger partial charge >= 0.3 is 0 Å². The molecule has 0 saturated heterocycles. The summed E-state index contributed by atoms with van der Waals surface area (Å²) >= 11 is 0. The van der Waals surface area contributed by atoms with Gasteiger partial charge in [0, 0.05) is 5.56 Å². The number of carbonyl (C=O) groups is 1. The first kappa shape index (κ1) is 16.2. The van der Waals surface area contributed by atoms with Crippen molar-refractivity contribution in [3.05, 3.63) is 83.9 Å². The van der Waals surface area contributed by atoms with Crippen LogP contribution in [0.15, 0.2) is 72.8 Å². The Morgan fingerprint density at radius 1 is 0.917 bits per heavy atom. The molecule has 1 atom stereocenters. The van der Waals surface area contributed by atoms with Crippen molar-refractivity contribution in [2.75, 3.05) is 20.6 Å². The van der Waals surface area contributed by atoms with E-state index in [1.54, 1.807) is 0 Å². The Morgan fingerprint density at radius 3 is 2.29 bits per heavy atom. The number of likely N-dealkylation sites (N-methyl/N-ethyl adjacent to an activating group) is 1. The molecule has 3 heteroatoms. The molecule has 2 N–H and O–H groups in total. The van der Waals surface area contributed by atoms with Gasteiger partial charge in [-0.25, -0.2) is 0 Å². The predicted octanol–water partition coefficient (Wildman–Crippen LogP) is 2.46. The second-order valence-corrected chi connectivity index (χ2v) is 6.41. The molecule has 0 aliphatic heterocycles. The first-order valence-electron chi connectivity index (χ1n) is 8.27. The molecule has 0 heterocycles. The lowest BCUT2D eigenvalue weighted by Gasteiger charge is -2.21. The van der Waals surface area contributed by atoms with Crippen LogP contribution in [0, 0.1) is 0 Å². The number of amides is 1. The second-order valence-electron chi connectivity index (χ2n) is 6.41. The van der Waals surface area contributed by atoms with Crippen molar-refractivity contribution < 1.29 is 9.69 Å². The largest absolute Gasteiger partial charge is 0.340 e.